The van der Waals surface area contributed by atoms with Crippen LogP contribution in [0.25, 0.3) is 38.9 Å². The van der Waals surface area contributed by atoms with Crippen molar-refractivity contribution in [2.75, 3.05) is 0 Å². The van der Waals surface area contributed by atoms with Crippen molar-refractivity contribution in [1.82, 2.24) is 34.3 Å². The van der Waals surface area contributed by atoms with E-state index in [9.17, 15) is 5.11 Å². The van der Waals surface area contributed by atoms with Gasteiger partial charge in [-0.2, -0.15) is 15.3 Å². The molecule has 0 fully saturated rings. The third kappa shape index (κ3) is 4.82. The van der Waals surface area contributed by atoms with Crippen molar-refractivity contribution in [3.63, 3.8) is 0 Å². The molecule has 0 unspecified atom stereocenters. The molecule has 0 spiro atoms. The van der Waals surface area contributed by atoms with Crippen LogP contribution in [-0.4, -0.2) is 39.4 Å². The number of pyridine rings is 1. The van der Waals surface area contributed by atoms with E-state index in [1.54, 1.807) is 0 Å². The van der Waals surface area contributed by atoms with E-state index in [1.165, 1.54) is 5.56 Å². The molecule has 0 saturated heterocycles. The summed E-state index contributed by atoms with van der Waals surface area (Å²) in [6.45, 7) is 13.5. The fourth-order valence-electron chi connectivity index (χ4n) is 5.76. The predicted molar refractivity (Wildman–Crippen MR) is 163 cm³/mol. The molecule has 0 radical (unpaired) electrons. The third-order valence-corrected chi connectivity index (χ3v) is 7.66. The summed E-state index contributed by atoms with van der Waals surface area (Å²) in [5, 5.41) is 27.5. The maximum Gasteiger partial charge on any atom is 0.181 e. The Morgan fingerprint density at radius 2 is 1.68 bits per heavy atom. The van der Waals surface area contributed by atoms with E-state index in [-0.39, 0.29) is 11.3 Å². The number of aliphatic hydroxyl groups excluding tert-OH is 1. The maximum absolute atomic E-state index is 10.8. The Balaban J connectivity index is 1.50. The van der Waals surface area contributed by atoms with Gasteiger partial charge in [0.15, 0.2) is 5.65 Å². The first-order valence-corrected chi connectivity index (χ1v) is 14.2. The van der Waals surface area contributed by atoms with Crippen molar-refractivity contribution in [2.24, 2.45) is 7.05 Å². The number of nitrogens with zero attached hydrogens (tertiary/aromatic N) is 7. The monoisotopic (exact) mass is 547 g/mol. The van der Waals surface area contributed by atoms with Gasteiger partial charge in [-0.1, -0.05) is 77.1 Å². The maximum atomic E-state index is 10.8. The molecular weight excluding hydrogens is 510 g/mol. The molecular formula is C33H37N7O. The number of aromatic nitrogens is 7. The van der Waals surface area contributed by atoms with E-state index in [0.717, 1.165) is 55.8 Å². The molecule has 8 heteroatoms. The van der Waals surface area contributed by atoms with Crippen molar-refractivity contribution in [2.45, 2.75) is 65.5 Å². The lowest BCUT2D eigenvalue weighted by Crippen LogP contribution is -2.18. The second kappa shape index (κ2) is 9.96. The molecule has 2 aromatic carbocycles. The highest BCUT2D eigenvalue weighted by Gasteiger charge is 2.27. The van der Waals surface area contributed by atoms with Gasteiger partial charge in [0, 0.05) is 52.4 Å². The Kier molecular flexibility index (Phi) is 6.53. The molecule has 0 aliphatic heterocycles. The molecule has 0 aliphatic rings. The number of fused-ring (bicyclic) bond motifs is 2. The first-order chi connectivity index (χ1) is 19.5. The van der Waals surface area contributed by atoms with Crippen LogP contribution in [0.3, 0.4) is 0 Å². The second-order valence-corrected chi connectivity index (χ2v) is 12.3. The largest absolute Gasteiger partial charge is 0.386 e. The van der Waals surface area contributed by atoms with E-state index in [2.05, 4.69) is 63.5 Å². The van der Waals surface area contributed by atoms with Crippen molar-refractivity contribution in [1.29, 1.82) is 0 Å². The molecule has 210 valence electrons. The summed E-state index contributed by atoms with van der Waals surface area (Å²) < 4.78 is 5.71. The van der Waals surface area contributed by atoms with Crippen LogP contribution in [0, 0.1) is 6.92 Å². The van der Waals surface area contributed by atoms with Crippen LogP contribution < -0.4 is 0 Å². The summed E-state index contributed by atoms with van der Waals surface area (Å²) in [6, 6.07) is 18.0. The van der Waals surface area contributed by atoms with E-state index in [1.807, 2.05) is 71.3 Å². The summed E-state index contributed by atoms with van der Waals surface area (Å²) in [7, 11) is 1.92. The minimum atomic E-state index is -0.646. The van der Waals surface area contributed by atoms with Crippen LogP contribution in [-0.2, 0) is 19.0 Å². The lowest BCUT2D eigenvalue weighted by atomic mass is 9.90. The van der Waals surface area contributed by atoms with Gasteiger partial charge in [-0.3, -0.25) is 9.36 Å². The van der Waals surface area contributed by atoms with Crippen molar-refractivity contribution in [3.8, 4) is 16.9 Å². The van der Waals surface area contributed by atoms with Gasteiger partial charge in [0.2, 0.25) is 0 Å². The van der Waals surface area contributed by atoms with E-state index >= 15 is 0 Å². The zero-order chi connectivity index (χ0) is 29.1. The number of hydrogen-bond donors (Lipinski definition) is 1. The minimum Gasteiger partial charge on any atom is -0.386 e. The highest BCUT2D eigenvalue weighted by Crippen LogP contribution is 2.38. The van der Waals surface area contributed by atoms with Gasteiger partial charge >= 0.3 is 0 Å². The van der Waals surface area contributed by atoms with Gasteiger partial charge in [0.25, 0.3) is 0 Å². The van der Waals surface area contributed by atoms with Gasteiger partial charge in [0.05, 0.1) is 35.2 Å². The molecule has 0 aliphatic carbocycles. The Morgan fingerprint density at radius 1 is 0.927 bits per heavy atom. The zero-order valence-corrected chi connectivity index (χ0v) is 24.8. The Bertz CT molecular complexity index is 1870. The molecule has 6 aromatic rings. The lowest BCUT2D eigenvalue weighted by Gasteiger charge is -2.22. The molecule has 0 bridgehead atoms. The molecule has 1 atom stereocenters. The number of benzene rings is 2. The summed E-state index contributed by atoms with van der Waals surface area (Å²) in [5.41, 5.74) is 8.46. The number of hydrogen-bond acceptors (Lipinski definition) is 5. The molecule has 4 heterocycles. The van der Waals surface area contributed by atoms with E-state index < -0.39 is 6.10 Å². The van der Waals surface area contributed by atoms with Crippen LogP contribution >= 0.6 is 0 Å². The average molecular weight is 548 g/mol. The van der Waals surface area contributed by atoms with Crippen molar-refractivity contribution >= 4 is 21.9 Å². The summed E-state index contributed by atoms with van der Waals surface area (Å²) in [4.78, 5) is 5.02. The van der Waals surface area contributed by atoms with Gasteiger partial charge in [-0.05, 0) is 30.5 Å². The summed E-state index contributed by atoms with van der Waals surface area (Å²) in [6.07, 6.45) is 3.38. The number of aryl methyl sites for hydroxylation is 1. The van der Waals surface area contributed by atoms with Crippen molar-refractivity contribution in [3.05, 3.63) is 89.5 Å². The Morgan fingerprint density at radius 3 is 2.39 bits per heavy atom. The second-order valence-electron chi connectivity index (χ2n) is 12.3. The van der Waals surface area contributed by atoms with E-state index in [4.69, 9.17) is 15.2 Å². The van der Waals surface area contributed by atoms with E-state index in [0.29, 0.717) is 6.54 Å². The lowest BCUT2D eigenvalue weighted by molar-refractivity contribution is 0.152. The SMILES string of the molecule is Cc1c(C(C)C)c(-c2cccc3nn(C[C@H](O)c4ccccc4)cc23)nn1-c1cc2cn(C)nc2nc1C(C)(C)C. The first kappa shape index (κ1) is 26.9. The van der Waals surface area contributed by atoms with Crippen LogP contribution in [0.1, 0.15) is 69.2 Å². The fraction of sp³-hybridized carbons (Fsp3) is 0.333. The summed E-state index contributed by atoms with van der Waals surface area (Å²) >= 11 is 0. The molecule has 8 nitrogen and oxygen atoms in total. The molecule has 4 aromatic heterocycles. The normalized spacial score (nSPS) is 13.1. The van der Waals surface area contributed by atoms with Crippen molar-refractivity contribution < 1.29 is 5.11 Å². The molecule has 6 rings (SSSR count). The minimum absolute atomic E-state index is 0.210. The topological polar surface area (TPSA) is 86.6 Å². The van der Waals surface area contributed by atoms with Crippen LogP contribution in [0.2, 0.25) is 0 Å². The molecule has 0 saturated carbocycles. The van der Waals surface area contributed by atoms with Gasteiger partial charge in [-0.25, -0.2) is 9.67 Å². The molecule has 0 amide bonds. The number of rotatable bonds is 6. The zero-order valence-electron chi connectivity index (χ0n) is 24.8. The quantitative estimate of drug-likeness (QED) is 0.253. The predicted octanol–water partition coefficient (Wildman–Crippen LogP) is 6.63. The third-order valence-electron chi connectivity index (χ3n) is 7.66. The Hall–Kier alpha value is -4.30. The fourth-order valence-corrected chi connectivity index (χ4v) is 5.76. The highest BCUT2D eigenvalue weighted by atomic mass is 16.3. The summed E-state index contributed by atoms with van der Waals surface area (Å²) in [5.74, 6) is 0.247. The standard InChI is InChI=1S/C33H37N7O/c1-20(2)29-21(3)40(27-16-23-17-38(7)37-32(23)34-31(27)33(4,5)6)36-30(29)24-14-11-15-26-25(24)18-39(35-26)19-28(41)22-12-9-8-10-13-22/h8-18,20,28,41H,19H2,1-7H3/t28-/m0/s1. The molecule has 1 N–H and O–H groups in total. The van der Waals surface area contributed by atoms with Gasteiger partial charge < -0.3 is 5.11 Å². The molecule has 41 heavy (non-hydrogen) atoms. The number of aliphatic hydroxyl groups is 1. The smallest absolute Gasteiger partial charge is 0.181 e. The highest BCUT2D eigenvalue weighted by molar-refractivity contribution is 5.94. The van der Waals surface area contributed by atoms with Crippen LogP contribution in [0.5, 0.6) is 0 Å². The average Bonchev–Trinajstić information content (AvgIpc) is 3.60. The van der Waals surface area contributed by atoms with Gasteiger partial charge in [0.1, 0.15) is 0 Å². The Labute approximate surface area is 240 Å². The van der Waals surface area contributed by atoms with Crippen LogP contribution in [0.15, 0.2) is 67.0 Å². The van der Waals surface area contributed by atoms with Gasteiger partial charge in [-0.15, -0.1) is 0 Å². The first-order valence-electron chi connectivity index (χ1n) is 14.2. The van der Waals surface area contributed by atoms with Crippen LogP contribution in [0.4, 0.5) is 0 Å².